The van der Waals surface area contributed by atoms with Crippen LogP contribution < -0.4 is 14.4 Å². The second-order valence-corrected chi connectivity index (χ2v) is 10.4. The fourth-order valence-electron chi connectivity index (χ4n) is 3.85. The number of ether oxygens (including phenoxy) is 1. The van der Waals surface area contributed by atoms with Gasteiger partial charge in [0.05, 0.1) is 18.6 Å². The van der Waals surface area contributed by atoms with E-state index in [0.717, 1.165) is 42.2 Å². The van der Waals surface area contributed by atoms with Crippen LogP contribution >= 0.6 is 0 Å². The number of nitrogens with zero attached hydrogens (tertiary/aromatic N) is 2. The van der Waals surface area contributed by atoms with Gasteiger partial charge in [-0.2, -0.15) is 0 Å². The van der Waals surface area contributed by atoms with Gasteiger partial charge < -0.3 is 10.1 Å². The number of hydrogen-bond donors (Lipinski definition) is 1. The number of carbonyl (C=O) groups excluding carboxylic acids is 1. The molecule has 180 valence electrons. The lowest BCUT2D eigenvalue weighted by molar-refractivity contribution is -0.119. The van der Waals surface area contributed by atoms with Gasteiger partial charge in [0, 0.05) is 13.1 Å². The number of amides is 1. The van der Waals surface area contributed by atoms with E-state index in [4.69, 9.17) is 4.74 Å². The van der Waals surface area contributed by atoms with Crippen molar-refractivity contribution in [2.24, 2.45) is 0 Å². The molecule has 8 heteroatoms. The van der Waals surface area contributed by atoms with Crippen LogP contribution in [0.25, 0.3) is 0 Å². The smallest absolute Gasteiger partial charge is 0.241 e. The van der Waals surface area contributed by atoms with Crippen molar-refractivity contribution in [1.29, 1.82) is 0 Å². The van der Waals surface area contributed by atoms with Crippen molar-refractivity contribution in [2.75, 3.05) is 36.8 Å². The summed E-state index contributed by atoms with van der Waals surface area (Å²) in [6.07, 6.45) is 5.85. The minimum Gasteiger partial charge on any atom is -0.494 e. The average molecular weight is 474 g/mol. The van der Waals surface area contributed by atoms with E-state index >= 15 is 0 Å². The van der Waals surface area contributed by atoms with Crippen molar-refractivity contribution < 1.29 is 17.9 Å². The third-order valence-electron chi connectivity index (χ3n) is 5.65. The molecular weight excluding hydrogens is 438 g/mol. The van der Waals surface area contributed by atoms with Gasteiger partial charge in [-0.05, 0) is 67.7 Å². The fourth-order valence-corrected chi connectivity index (χ4v) is 4.71. The number of nitrogens with one attached hydrogen (secondary N) is 1. The van der Waals surface area contributed by atoms with Crippen LogP contribution in [0.3, 0.4) is 0 Å². The highest BCUT2D eigenvalue weighted by molar-refractivity contribution is 7.92. The third-order valence-corrected chi connectivity index (χ3v) is 6.79. The van der Waals surface area contributed by atoms with Gasteiger partial charge in [0.25, 0.3) is 0 Å². The van der Waals surface area contributed by atoms with Crippen molar-refractivity contribution >= 4 is 21.6 Å². The zero-order valence-corrected chi connectivity index (χ0v) is 20.4. The molecular formula is C25H35N3O4S. The van der Waals surface area contributed by atoms with Crippen molar-refractivity contribution in [3.05, 3.63) is 59.7 Å². The Morgan fingerprint density at radius 2 is 1.64 bits per heavy atom. The molecule has 0 saturated carbocycles. The topological polar surface area (TPSA) is 79.0 Å². The summed E-state index contributed by atoms with van der Waals surface area (Å²) in [6.45, 7) is 5.95. The number of benzene rings is 2. The molecule has 2 aromatic rings. The van der Waals surface area contributed by atoms with E-state index in [2.05, 4.69) is 22.3 Å². The Balaban J connectivity index is 1.54. The molecule has 0 radical (unpaired) electrons. The predicted octanol–water partition coefficient (Wildman–Crippen LogP) is 3.54. The minimum atomic E-state index is -3.62. The van der Waals surface area contributed by atoms with Crippen LogP contribution in [0.5, 0.6) is 5.75 Å². The molecule has 1 fully saturated rings. The zero-order valence-electron chi connectivity index (χ0n) is 19.6. The second kappa shape index (κ2) is 12.0. The van der Waals surface area contributed by atoms with Crippen molar-refractivity contribution in [3.8, 4) is 5.75 Å². The quantitative estimate of drug-likeness (QED) is 0.540. The Labute approximate surface area is 197 Å². The van der Waals surface area contributed by atoms with Crippen LogP contribution in [0.1, 0.15) is 43.7 Å². The first-order valence-corrected chi connectivity index (χ1v) is 13.5. The molecule has 1 aliphatic heterocycles. The number of rotatable bonds is 11. The highest BCUT2D eigenvalue weighted by Gasteiger charge is 2.21. The van der Waals surface area contributed by atoms with Gasteiger partial charge in [0.2, 0.25) is 15.9 Å². The lowest BCUT2D eigenvalue weighted by Crippen LogP contribution is -2.40. The summed E-state index contributed by atoms with van der Waals surface area (Å²) < 4.78 is 31.3. The van der Waals surface area contributed by atoms with Gasteiger partial charge in [0.15, 0.2) is 0 Å². The normalized spacial score (nSPS) is 14.6. The van der Waals surface area contributed by atoms with E-state index < -0.39 is 10.0 Å². The van der Waals surface area contributed by atoms with Gasteiger partial charge >= 0.3 is 0 Å². The molecule has 0 bridgehead atoms. The first-order valence-electron chi connectivity index (χ1n) is 11.6. The second-order valence-electron chi connectivity index (χ2n) is 8.54. The molecule has 0 aliphatic carbocycles. The van der Waals surface area contributed by atoms with E-state index in [-0.39, 0.29) is 12.5 Å². The molecule has 0 atom stereocenters. The van der Waals surface area contributed by atoms with Crippen LogP contribution in [-0.2, 0) is 27.9 Å². The highest BCUT2D eigenvalue weighted by atomic mass is 32.2. The Morgan fingerprint density at radius 1 is 1.00 bits per heavy atom. The van der Waals surface area contributed by atoms with E-state index in [0.29, 0.717) is 24.6 Å². The average Bonchev–Trinajstić information content (AvgIpc) is 2.81. The van der Waals surface area contributed by atoms with E-state index in [1.807, 2.05) is 19.1 Å². The third kappa shape index (κ3) is 8.05. The van der Waals surface area contributed by atoms with E-state index in [9.17, 15) is 13.2 Å². The molecule has 0 unspecified atom stereocenters. The fraction of sp³-hybridized carbons (Fsp3) is 0.480. The van der Waals surface area contributed by atoms with Crippen molar-refractivity contribution in [3.63, 3.8) is 0 Å². The van der Waals surface area contributed by atoms with Crippen LogP contribution in [0.15, 0.2) is 48.5 Å². The van der Waals surface area contributed by atoms with E-state index in [1.54, 1.807) is 24.3 Å². The highest BCUT2D eigenvalue weighted by Crippen LogP contribution is 2.21. The van der Waals surface area contributed by atoms with Crippen LogP contribution in [0.2, 0.25) is 0 Å². The maximum Gasteiger partial charge on any atom is 0.241 e. The summed E-state index contributed by atoms with van der Waals surface area (Å²) in [4.78, 5) is 15.0. The molecule has 0 spiro atoms. The van der Waals surface area contributed by atoms with Gasteiger partial charge in [-0.25, -0.2) is 8.42 Å². The number of sulfonamides is 1. The Kier molecular flexibility index (Phi) is 9.14. The maximum atomic E-state index is 12.5. The Bertz CT molecular complexity index is 985. The summed E-state index contributed by atoms with van der Waals surface area (Å²) in [5.74, 6) is 0.311. The zero-order chi connectivity index (χ0) is 23.7. The molecule has 7 nitrogen and oxygen atoms in total. The van der Waals surface area contributed by atoms with Gasteiger partial charge in [-0.3, -0.25) is 14.0 Å². The van der Waals surface area contributed by atoms with Crippen LogP contribution in [0, 0.1) is 0 Å². The van der Waals surface area contributed by atoms with Gasteiger partial charge in [-0.15, -0.1) is 0 Å². The number of anilines is 1. The standard InChI is InChI=1S/C25H35N3O4S/c1-3-17-32-24-13-11-23(12-14-24)28(33(2,30)31)20-25(29)26-18-21-7-9-22(10-8-21)19-27-15-5-4-6-16-27/h7-14H,3-6,15-20H2,1-2H3,(H,26,29). The van der Waals surface area contributed by atoms with Crippen molar-refractivity contribution in [1.82, 2.24) is 10.2 Å². The molecule has 1 heterocycles. The lowest BCUT2D eigenvalue weighted by atomic mass is 10.1. The maximum absolute atomic E-state index is 12.5. The molecule has 33 heavy (non-hydrogen) atoms. The summed E-state index contributed by atoms with van der Waals surface area (Å²) in [6, 6.07) is 15.0. The lowest BCUT2D eigenvalue weighted by Gasteiger charge is -2.26. The molecule has 1 saturated heterocycles. The van der Waals surface area contributed by atoms with Crippen molar-refractivity contribution in [2.45, 2.75) is 45.7 Å². The number of piperidine rings is 1. The summed E-state index contributed by atoms with van der Waals surface area (Å²) in [5, 5.41) is 2.83. The molecule has 2 aromatic carbocycles. The molecule has 3 rings (SSSR count). The molecule has 1 N–H and O–H groups in total. The number of carbonyl (C=O) groups is 1. The first kappa shape index (κ1) is 25.1. The minimum absolute atomic E-state index is 0.277. The van der Waals surface area contributed by atoms with Crippen LogP contribution in [0.4, 0.5) is 5.69 Å². The summed E-state index contributed by atoms with van der Waals surface area (Å²) >= 11 is 0. The van der Waals surface area contributed by atoms with Gasteiger partial charge in [-0.1, -0.05) is 37.6 Å². The summed E-state index contributed by atoms with van der Waals surface area (Å²) in [7, 11) is -3.62. The first-order chi connectivity index (χ1) is 15.8. The molecule has 1 amide bonds. The monoisotopic (exact) mass is 473 g/mol. The summed E-state index contributed by atoms with van der Waals surface area (Å²) in [5.41, 5.74) is 2.68. The largest absolute Gasteiger partial charge is 0.494 e. The van der Waals surface area contributed by atoms with Crippen LogP contribution in [-0.4, -0.2) is 51.7 Å². The molecule has 0 aromatic heterocycles. The predicted molar refractivity (Wildman–Crippen MR) is 132 cm³/mol. The Hall–Kier alpha value is -2.58. The SMILES string of the molecule is CCCOc1ccc(N(CC(=O)NCc2ccc(CN3CCCCC3)cc2)S(C)(=O)=O)cc1. The number of hydrogen-bond acceptors (Lipinski definition) is 5. The number of likely N-dealkylation sites (tertiary alicyclic amines) is 1. The van der Waals surface area contributed by atoms with Gasteiger partial charge in [0.1, 0.15) is 12.3 Å². The van der Waals surface area contributed by atoms with E-state index in [1.165, 1.54) is 24.8 Å². The Morgan fingerprint density at radius 3 is 2.24 bits per heavy atom. The molecule has 1 aliphatic rings.